The lowest BCUT2D eigenvalue weighted by Gasteiger charge is -2.19. The van der Waals surface area contributed by atoms with E-state index in [4.69, 9.17) is 4.74 Å². The lowest BCUT2D eigenvalue weighted by atomic mass is 9.99. The number of hydrogen-bond donors (Lipinski definition) is 0. The van der Waals surface area contributed by atoms with Crippen LogP contribution >= 0.6 is 0 Å². The van der Waals surface area contributed by atoms with E-state index < -0.39 is 10.0 Å². The second-order valence-electron chi connectivity index (χ2n) is 6.14. The summed E-state index contributed by atoms with van der Waals surface area (Å²) in [5.41, 5.74) is 2.11. The van der Waals surface area contributed by atoms with Crippen LogP contribution in [-0.4, -0.2) is 32.4 Å². The maximum atomic E-state index is 13.1. The van der Waals surface area contributed by atoms with Crippen LogP contribution in [0.2, 0.25) is 0 Å². The summed E-state index contributed by atoms with van der Waals surface area (Å²) in [6.45, 7) is 5.26. The quantitative estimate of drug-likeness (QED) is 0.832. The van der Waals surface area contributed by atoms with Crippen molar-refractivity contribution < 1.29 is 13.2 Å². The molecule has 4 nitrogen and oxygen atoms in total. The number of ether oxygens (including phenoxy) is 1. The maximum absolute atomic E-state index is 13.1. The van der Waals surface area contributed by atoms with Crippen LogP contribution in [0.25, 0.3) is 0 Å². The van der Waals surface area contributed by atoms with Crippen LogP contribution in [-0.2, 0) is 10.0 Å². The molecular formula is C19H23NO3S. The van der Waals surface area contributed by atoms with Crippen molar-refractivity contribution in [1.82, 2.24) is 4.31 Å². The summed E-state index contributed by atoms with van der Waals surface area (Å²) in [5.74, 6) is 0.688. The molecule has 1 unspecified atom stereocenters. The molecule has 5 heteroatoms. The van der Waals surface area contributed by atoms with Crippen LogP contribution in [0.3, 0.4) is 0 Å². The van der Waals surface area contributed by atoms with Gasteiger partial charge in [-0.25, -0.2) is 8.42 Å². The fourth-order valence-electron chi connectivity index (χ4n) is 3.17. The third-order valence-corrected chi connectivity index (χ3v) is 6.33. The highest BCUT2D eigenvalue weighted by Gasteiger charge is 2.34. The summed E-state index contributed by atoms with van der Waals surface area (Å²) < 4.78 is 33.3. The molecule has 2 aromatic carbocycles. The van der Waals surface area contributed by atoms with Crippen LogP contribution in [0.5, 0.6) is 5.75 Å². The first-order valence-electron chi connectivity index (χ1n) is 8.31. The maximum Gasteiger partial charge on any atom is 0.246 e. The van der Waals surface area contributed by atoms with Crippen molar-refractivity contribution >= 4 is 10.0 Å². The van der Waals surface area contributed by atoms with Crippen molar-refractivity contribution in [3.8, 4) is 5.75 Å². The van der Waals surface area contributed by atoms with Gasteiger partial charge in [-0.2, -0.15) is 4.31 Å². The number of nitrogens with zero attached hydrogens (tertiary/aromatic N) is 1. The van der Waals surface area contributed by atoms with Crippen LogP contribution in [0.4, 0.5) is 0 Å². The molecule has 1 heterocycles. The van der Waals surface area contributed by atoms with Gasteiger partial charge in [0.05, 0.1) is 6.61 Å². The zero-order valence-electron chi connectivity index (χ0n) is 14.1. The van der Waals surface area contributed by atoms with Gasteiger partial charge in [-0.05, 0) is 49.4 Å². The topological polar surface area (TPSA) is 46.6 Å². The van der Waals surface area contributed by atoms with E-state index in [1.54, 1.807) is 16.4 Å². The normalized spacial score (nSPS) is 18.7. The third kappa shape index (κ3) is 3.32. The summed E-state index contributed by atoms with van der Waals surface area (Å²) in [7, 11) is -3.55. The Morgan fingerprint density at radius 3 is 2.62 bits per heavy atom. The van der Waals surface area contributed by atoms with Gasteiger partial charge in [-0.1, -0.05) is 36.4 Å². The zero-order chi connectivity index (χ0) is 17.2. The Kier molecular flexibility index (Phi) is 4.92. The lowest BCUT2D eigenvalue weighted by Crippen LogP contribution is -2.29. The molecule has 0 amide bonds. The fourth-order valence-corrected chi connectivity index (χ4v) is 4.89. The Labute approximate surface area is 144 Å². The third-order valence-electron chi connectivity index (χ3n) is 4.44. The molecule has 128 valence electrons. The Hall–Kier alpha value is -1.85. The molecule has 24 heavy (non-hydrogen) atoms. The van der Waals surface area contributed by atoms with Crippen molar-refractivity contribution in [1.29, 1.82) is 0 Å². The molecule has 1 aliphatic rings. The lowest BCUT2D eigenvalue weighted by molar-refractivity contribution is 0.329. The zero-order valence-corrected chi connectivity index (χ0v) is 14.9. The van der Waals surface area contributed by atoms with Crippen molar-refractivity contribution in [2.24, 2.45) is 0 Å². The Morgan fingerprint density at radius 1 is 1.17 bits per heavy atom. The van der Waals surface area contributed by atoms with Crippen molar-refractivity contribution in [2.75, 3.05) is 19.7 Å². The van der Waals surface area contributed by atoms with Gasteiger partial charge in [0, 0.05) is 13.1 Å². The highest BCUT2D eigenvalue weighted by atomic mass is 32.2. The first-order chi connectivity index (χ1) is 11.5. The van der Waals surface area contributed by atoms with Crippen molar-refractivity contribution in [3.05, 3.63) is 59.7 Å². The molecule has 0 saturated carbocycles. The molecule has 0 bridgehead atoms. The van der Waals surface area contributed by atoms with Gasteiger partial charge in [-0.15, -0.1) is 0 Å². The van der Waals surface area contributed by atoms with E-state index in [1.165, 1.54) is 5.56 Å². The number of rotatable bonds is 5. The Bertz CT molecular complexity index is 803. The van der Waals surface area contributed by atoms with E-state index in [0.717, 1.165) is 12.0 Å². The van der Waals surface area contributed by atoms with Gasteiger partial charge in [0.25, 0.3) is 0 Å². The summed E-state index contributed by atoms with van der Waals surface area (Å²) in [5, 5.41) is 0. The SMILES string of the molecule is CCOc1ccc(C)cc1S(=O)(=O)N1CCC(c2ccccc2)C1. The van der Waals surface area contributed by atoms with Gasteiger partial charge in [-0.3, -0.25) is 0 Å². The molecule has 1 atom stereocenters. The van der Waals surface area contributed by atoms with E-state index in [0.29, 0.717) is 25.4 Å². The predicted molar refractivity (Wildman–Crippen MR) is 94.9 cm³/mol. The number of aryl methyl sites for hydroxylation is 1. The molecule has 0 aliphatic carbocycles. The molecule has 0 radical (unpaired) electrons. The molecule has 1 aliphatic heterocycles. The molecule has 2 aromatic rings. The summed E-state index contributed by atoms with van der Waals surface area (Å²) in [6.07, 6.45) is 0.846. The largest absolute Gasteiger partial charge is 0.492 e. The smallest absolute Gasteiger partial charge is 0.246 e. The Morgan fingerprint density at radius 2 is 1.92 bits per heavy atom. The number of benzene rings is 2. The van der Waals surface area contributed by atoms with E-state index in [2.05, 4.69) is 12.1 Å². The first kappa shape index (κ1) is 17.0. The average Bonchev–Trinajstić information content (AvgIpc) is 3.08. The minimum atomic E-state index is -3.55. The standard InChI is InChI=1S/C19H23NO3S/c1-3-23-18-10-9-15(2)13-19(18)24(21,22)20-12-11-17(14-20)16-7-5-4-6-8-16/h4-10,13,17H,3,11-12,14H2,1-2H3. The molecule has 0 N–H and O–H groups in total. The average molecular weight is 345 g/mol. The van der Waals surface area contributed by atoms with E-state index in [1.807, 2.05) is 38.1 Å². The van der Waals surface area contributed by atoms with Crippen LogP contribution in [0.1, 0.15) is 30.4 Å². The van der Waals surface area contributed by atoms with Crippen LogP contribution in [0, 0.1) is 6.92 Å². The predicted octanol–water partition coefficient (Wildman–Crippen LogP) is 3.57. The summed E-state index contributed by atoms with van der Waals surface area (Å²) in [6, 6.07) is 15.4. The molecule has 0 aromatic heterocycles. The van der Waals surface area contributed by atoms with Gasteiger partial charge in [0.15, 0.2) is 0 Å². The van der Waals surface area contributed by atoms with Crippen molar-refractivity contribution in [3.63, 3.8) is 0 Å². The van der Waals surface area contributed by atoms with Gasteiger partial charge < -0.3 is 4.74 Å². The van der Waals surface area contributed by atoms with Crippen molar-refractivity contribution in [2.45, 2.75) is 31.1 Å². The van der Waals surface area contributed by atoms with E-state index in [9.17, 15) is 8.42 Å². The monoisotopic (exact) mass is 345 g/mol. The summed E-state index contributed by atoms with van der Waals surface area (Å²) >= 11 is 0. The summed E-state index contributed by atoms with van der Waals surface area (Å²) in [4.78, 5) is 0.276. The second-order valence-corrected chi connectivity index (χ2v) is 8.05. The van der Waals surface area contributed by atoms with Crippen LogP contribution in [0.15, 0.2) is 53.4 Å². The van der Waals surface area contributed by atoms with Gasteiger partial charge in [0.1, 0.15) is 10.6 Å². The molecule has 0 spiro atoms. The Balaban J connectivity index is 1.88. The first-order valence-corrected chi connectivity index (χ1v) is 9.75. The second kappa shape index (κ2) is 6.95. The van der Waals surface area contributed by atoms with Gasteiger partial charge in [0.2, 0.25) is 10.0 Å². The highest BCUT2D eigenvalue weighted by Crippen LogP contribution is 2.34. The molecule has 1 fully saturated rings. The van der Waals surface area contributed by atoms with Crippen LogP contribution < -0.4 is 4.74 Å². The molecule has 1 saturated heterocycles. The minimum Gasteiger partial charge on any atom is -0.492 e. The number of sulfonamides is 1. The van der Waals surface area contributed by atoms with Gasteiger partial charge >= 0.3 is 0 Å². The number of hydrogen-bond acceptors (Lipinski definition) is 3. The molecular weight excluding hydrogens is 322 g/mol. The minimum absolute atomic E-state index is 0.251. The fraction of sp³-hybridized carbons (Fsp3) is 0.368. The van der Waals surface area contributed by atoms with E-state index >= 15 is 0 Å². The molecule has 3 rings (SSSR count). The van der Waals surface area contributed by atoms with E-state index in [-0.39, 0.29) is 10.8 Å². The highest BCUT2D eigenvalue weighted by molar-refractivity contribution is 7.89.